The van der Waals surface area contributed by atoms with Crippen molar-refractivity contribution in [3.05, 3.63) is 65.2 Å². The van der Waals surface area contributed by atoms with Crippen molar-refractivity contribution in [1.29, 1.82) is 0 Å². The van der Waals surface area contributed by atoms with E-state index in [0.29, 0.717) is 11.1 Å². The number of likely N-dealkylation sites (tertiary alicyclic amines) is 1. The number of nitrogens with zero attached hydrogens (tertiary/aromatic N) is 1. The molecule has 2 aromatic carbocycles. The van der Waals surface area contributed by atoms with Crippen molar-refractivity contribution in [3.8, 4) is 0 Å². The predicted molar refractivity (Wildman–Crippen MR) is 101 cm³/mol. The third-order valence-corrected chi connectivity index (χ3v) is 5.44. The summed E-state index contributed by atoms with van der Waals surface area (Å²) in [6.07, 6.45) is 3.19. The Kier molecular flexibility index (Phi) is 5.76. The average Bonchev–Trinajstić information content (AvgIpc) is 2.67. The van der Waals surface area contributed by atoms with Gasteiger partial charge < -0.3 is 10.6 Å². The molecule has 2 amide bonds. The minimum atomic E-state index is -0.553. The van der Waals surface area contributed by atoms with Crippen LogP contribution in [0.25, 0.3) is 0 Å². The Labute approximate surface area is 152 Å². The molecule has 0 bridgehead atoms. The second-order valence-electron chi connectivity index (χ2n) is 6.20. The molecule has 4 nitrogen and oxygen atoms in total. The van der Waals surface area contributed by atoms with Crippen molar-refractivity contribution in [2.75, 3.05) is 13.1 Å². The van der Waals surface area contributed by atoms with Gasteiger partial charge in [0.2, 0.25) is 5.91 Å². The van der Waals surface area contributed by atoms with Crippen LogP contribution >= 0.6 is 11.8 Å². The lowest BCUT2D eigenvalue weighted by atomic mass is 10.0. The molecule has 0 unspecified atom stereocenters. The number of nitrogens with two attached hydrogens (primary N) is 1. The molecule has 130 valence electrons. The van der Waals surface area contributed by atoms with Crippen molar-refractivity contribution in [3.63, 3.8) is 0 Å². The van der Waals surface area contributed by atoms with Gasteiger partial charge in [-0.1, -0.05) is 30.3 Å². The zero-order chi connectivity index (χ0) is 17.6. The summed E-state index contributed by atoms with van der Waals surface area (Å²) in [6.45, 7) is 1.50. The van der Waals surface area contributed by atoms with Crippen LogP contribution in [-0.2, 0) is 5.75 Å². The van der Waals surface area contributed by atoms with E-state index in [0.717, 1.165) is 43.0 Å². The van der Waals surface area contributed by atoms with Gasteiger partial charge >= 0.3 is 0 Å². The molecule has 1 heterocycles. The Hall–Kier alpha value is -2.27. The van der Waals surface area contributed by atoms with Gasteiger partial charge in [-0.3, -0.25) is 9.59 Å². The van der Waals surface area contributed by atoms with E-state index in [1.54, 1.807) is 23.9 Å². The summed E-state index contributed by atoms with van der Waals surface area (Å²) in [4.78, 5) is 27.4. The molecule has 0 saturated carbocycles. The van der Waals surface area contributed by atoms with Crippen molar-refractivity contribution >= 4 is 23.6 Å². The molecule has 1 fully saturated rings. The van der Waals surface area contributed by atoms with Gasteiger partial charge in [0.05, 0.1) is 11.1 Å². The Bertz CT molecular complexity index is 756. The van der Waals surface area contributed by atoms with Gasteiger partial charge in [-0.2, -0.15) is 0 Å². The van der Waals surface area contributed by atoms with Gasteiger partial charge in [0.15, 0.2) is 0 Å². The second kappa shape index (κ2) is 8.21. The number of primary amides is 1. The molecule has 2 N–H and O–H groups in total. The summed E-state index contributed by atoms with van der Waals surface area (Å²) in [5.74, 6) is 0.161. The van der Waals surface area contributed by atoms with Gasteiger partial charge in [-0.15, -0.1) is 11.8 Å². The molecular weight excluding hydrogens is 332 g/mol. The molecule has 0 atom stereocenters. The molecule has 2 aromatic rings. The quantitative estimate of drug-likeness (QED) is 0.833. The SMILES string of the molecule is NC(=O)c1cc(SCc2ccccc2)ccc1C(=O)N1CCCCC1. The first-order chi connectivity index (χ1) is 12.1. The fourth-order valence-corrected chi connectivity index (χ4v) is 3.90. The zero-order valence-corrected chi connectivity index (χ0v) is 14.9. The van der Waals surface area contributed by atoms with Crippen LogP contribution in [0.5, 0.6) is 0 Å². The Morgan fingerprint density at radius 1 is 0.960 bits per heavy atom. The van der Waals surface area contributed by atoms with Crippen molar-refractivity contribution in [1.82, 2.24) is 4.90 Å². The molecule has 0 spiro atoms. The first-order valence-corrected chi connectivity index (χ1v) is 9.53. The maximum atomic E-state index is 12.7. The van der Waals surface area contributed by atoms with E-state index < -0.39 is 5.91 Å². The van der Waals surface area contributed by atoms with E-state index in [4.69, 9.17) is 5.73 Å². The highest BCUT2D eigenvalue weighted by atomic mass is 32.2. The lowest BCUT2D eigenvalue weighted by molar-refractivity contribution is 0.0719. The van der Waals surface area contributed by atoms with Crippen LogP contribution in [0, 0.1) is 0 Å². The minimum Gasteiger partial charge on any atom is -0.366 e. The number of rotatable bonds is 5. The molecule has 1 saturated heterocycles. The molecule has 0 radical (unpaired) electrons. The largest absolute Gasteiger partial charge is 0.366 e. The summed E-state index contributed by atoms with van der Waals surface area (Å²) in [5.41, 5.74) is 7.48. The highest BCUT2D eigenvalue weighted by Crippen LogP contribution is 2.26. The lowest BCUT2D eigenvalue weighted by Crippen LogP contribution is -2.36. The monoisotopic (exact) mass is 354 g/mol. The van der Waals surface area contributed by atoms with Crippen LogP contribution in [0.3, 0.4) is 0 Å². The number of amides is 2. The predicted octanol–water partition coefficient (Wildman–Crippen LogP) is 3.70. The number of hydrogen-bond donors (Lipinski definition) is 1. The van der Waals surface area contributed by atoms with E-state index in [9.17, 15) is 9.59 Å². The van der Waals surface area contributed by atoms with Crippen LogP contribution in [-0.4, -0.2) is 29.8 Å². The fourth-order valence-electron chi connectivity index (χ4n) is 3.01. The summed E-state index contributed by atoms with van der Waals surface area (Å²) in [5, 5.41) is 0. The first kappa shape index (κ1) is 17.5. The summed E-state index contributed by atoms with van der Waals surface area (Å²) < 4.78 is 0. The Morgan fingerprint density at radius 3 is 2.36 bits per heavy atom. The van der Waals surface area contributed by atoms with E-state index in [-0.39, 0.29) is 5.91 Å². The number of benzene rings is 2. The van der Waals surface area contributed by atoms with E-state index >= 15 is 0 Å². The van der Waals surface area contributed by atoms with Gasteiger partial charge in [-0.05, 0) is 43.0 Å². The van der Waals surface area contributed by atoms with Crippen LogP contribution in [0.2, 0.25) is 0 Å². The zero-order valence-electron chi connectivity index (χ0n) is 14.1. The smallest absolute Gasteiger partial charge is 0.254 e. The molecule has 25 heavy (non-hydrogen) atoms. The second-order valence-corrected chi connectivity index (χ2v) is 7.25. The van der Waals surface area contributed by atoms with E-state index in [2.05, 4.69) is 12.1 Å². The van der Waals surface area contributed by atoms with E-state index in [1.165, 1.54) is 5.56 Å². The molecule has 1 aliphatic rings. The Morgan fingerprint density at radius 2 is 1.68 bits per heavy atom. The van der Waals surface area contributed by atoms with Gasteiger partial charge in [-0.25, -0.2) is 0 Å². The topological polar surface area (TPSA) is 63.4 Å². The maximum absolute atomic E-state index is 12.7. The summed E-state index contributed by atoms with van der Waals surface area (Å²) in [7, 11) is 0. The molecule has 0 aliphatic carbocycles. The molecule has 5 heteroatoms. The normalized spacial score (nSPS) is 14.3. The van der Waals surface area contributed by atoms with Crippen molar-refractivity contribution in [2.24, 2.45) is 5.73 Å². The van der Waals surface area contributed by atoms with Crippen LogP contribution in [0.4, 0.5) is 0 Å². The van der Waals surface area contributed by atoms with Gasteiger partial charge in [0.1, 0.15) is 0 Å². The van der Waals surface area contributed by atoms with Crippen LogP contribution in [0.15, 0.2) is 53.4 Å². The standard InChI is InChI=1S/C20H22N2O2S/c21-19(23)18-13-16(25-14-15-7-3-1-4-8-15)9-10-17(18)20(24)22-11-5-2-6-12-22/h1,3-4,7-10,13H,2,5-6,11-12,14H2,(H2,21,23). The number of carbonyl (C=O) groups is 2. The molecule has 3 rings (SSSR count). The number of thioether (sulfide) groups is 1. The fraction of sp³-hybridized carbons (Fsp3) is 0.300. The Balaban J connectivity index is 1.78. The van der Waals surface area contributed by atoms with Crippen molar-refractivity contribution < 1.29 is 9.59 Å². The number of carbonyl (C=O) groups excluding carboxylic acids is 2. The summed E-state index contributed by atoms with van der Waals surface area (Å²) in [6, 6.07) is 15.5. The lowest BCUT2D eigenvalue weighted by Gasteiger charge is -2.27. The molecule has 1 aliphatic heterocycles. The first-order valence-electron chi connectivity index (χ1n) is 8.55. The third-order valence-electron chi connectivity index (χ3n) is 4.38. The number of piperidine rings is 1. The highest BCUT2D eigenvalue weighted by Gasteiger charge is 2.22. The van der Waals surface area contributed by atoms with Gasteiger partial charge in [0.25, 0.3) is 5.91 Å². The van der Waals surface area contributed by atoms with Crippen molar-refractivity contribution in [2.45, 2.75) is 29.9 Å². The average molecular weight is 354 g/mol. The minimum absolute atomic E-state index is 0.0897. The molecular formula is C20H22N2O2S. The third kappa shape index (κ3) is 4.42. The van der Waals surface area contributed by atoms with Crippen LogP contribution < -0.4 is 5.73 Å². The summed E-state index contributed by atoms with van der Waals surface area (Å²) >= 11 is 1.63. The molecule has 0 aromatic heterocycles. The van der Waals surface area contributed by atoms with Crippen LogP contribution in [0.1, 0.15) is 45.5 Å². The van der Waals surface area contributed by atoms with E-state index in [1.807, 2.05) is 29.2 Å². The van der Waals surface area contributed by atoms with Gasteiger partial charge in [0, 0.05) is 23.7 Å². The maximum Gasteiger partial charge on any atom is 0.254 e. The number of hydrogen-bond acceptors (Lipinski definition) is 3. The highest BCUT2D eigenvalue weighted by molar-refractivity contribution is 7.98.